The Morgan fingerprint density at radius 2 is 1.62 bits per heavy atom. The molecule has 0 aromatic carbocycles. The zero-order valence-electron chi connectivity index (χ0n) is 8.90. The monoisotopic (exact) mass is 196 g/mol. The average molecular weight is 196 g/mol. The fraction of sp³-hybridized carbons (Fsp3) is 0.875. The molecular formula is C8H20O5. The van der Waals surface area contributed by atoms with Gasteiger partial charge in [-0.05, 0) is 6.92 Å². The van der Waals surface area contributed by atoms with Crippen LogP contribution in [0.1, 0.15) is 13.8 Å². The number of carboxylic acids is 1. The average Bonchev–Trinajstić information content (AvgIpc) is 1.86. The van der Waals surface area contributed by atoms with Crippen molar-refractivity contribution in [3.8, 4) is 0 Å². The minimum absolute atomic E-state index is 0.324. The van der Waals surface area contributed by atoms with Gasteiger partial charge in [0, 0.05) is 28.3 Å². The minimum Gasteiger partial charge on any atom is -0.481 e. The van der Waals surface area contributed by atoms with E-state index in [9.17, 15) is 0 Å². The standard InChI is InChI=1S/C4H10O2.C2H4O2.C2H6O/c1-4(5)3-6-2;1-2(3)4;1-3-2/h4-5H,3H2,1-2H3;1H3,(H,3,4);1-2H3. The quantitative estimate of drug-likeness (QED) is 0.667. The Morgan fingerprint density at radius 3 is 1.62 bits per heavy atom. The second-order valence-corrected chi connectivity index (χ2v) is 2.23. The molecule has 5 nitrogen and oxygen atoms in total. The molecule has 13 heavy (non-hydrogen) atoms. The molecule has 0 aliphatic heterocycles. The number of methoxy groups -OCH3 is 2. The summed E-state index contributed by atoms with van der Waals surface area (Å²) < 4.78 is 8.80. The van der Waals surface area contributed by atoms with Gasteiger partial charge in [-0.25, -0.2) is 0 Å². The van der Waals surface area contributed by atoms with Gasteiger partial charge in [0.05, 0.1) is 12.7 Å². The maximum absolute atomic E-state index is 9.00. The van der Waals surface area contributed by atoms with Gasteiger partial charge in [0.2, 0.25) is 0 Å². The molecule has 0 aromatic heterocycles. The van der Waals surface area contributed by atoms with E-state index < -0.39 is 5.97 Å². The number of aliphatic carboxylic acids is 1. The summed E-state index contributed by atoms with van der Waals surface area (Å²) in [5.74, 6) is -0.833. The zero-order valence-corrected chi connectivity index (χ0v) is 8.90. The van der Waals surface area contributed by atoms with Gasteiger partial charge in [-0.3, -0.25) is 4.79 Å². The SMILES string of the molecule is CC(=O)O.COC.COCC(C)O. The third kappa shape index (κ3) is 180. The van der Waals surface area contributed by atoms with Gasteiger partial charge in [0.15, 0.2) is 0 Å². The zero-order chi connectivity index (χ0) is 11.3. The molecule has 0 saturated heterocycles. The van der Waals surface area contributed by atoms with Crippen molar-refractivity contribution < 1.29 is 24.5 Å². The normalized spacial score (nSPS) is 10.0. The van der Waals surface area contributed by atoms with Gasteiger partial charge < -0.3 is 19.7 Å². The summed E-state index contributed by atoms with van der Waals surface area (Å²) in [6, 6.07) is 0. The molecule has 82 valence electrons. The molecule has 1 atom stereocenters. The molecule has 0 aliphatic rings. The summed E-state index contributed by atoms with van der Waals surface area (Å²) in [7, 11) is 4.81. The molecule has 0 aromatic rings. The highest BCUT2D eigenvalue weighted by Crippen LogP contribution is 1.75. The van der Waals surface area contributed by atoms with E-state index >= 15 is 0 Å². The molecule has 1 unspecified atom stereocenters. The van der Waals surface area contributed by atoms with E-state index in [4.69, 9.17) is 15.0 Å². The third-order valence-electron chi connectivity index (χ3n) is 0.408. The lowest BCUT2D eigenvalue weighted by atomic mass is 10.5. The summed E-state index contributed by atoms with van der Waals surface area (Å²) in [4.78, 5) is 9.00. The van der Waals surface area contributed by atoms with Crippen LogP contribution in [0.3, 0.4) is 0 Å². The number of carboxylic acid groups (broad SMARTS) is 1. The first-order valence-electron chi connectivity index (χ1n) is 3.68. The molecule has 2 N–H and O–H groups in total. The highest BCUT2D eigenvalue weighted by Gasteiger charge is 1.87. The van der Waals surface area contributed by atoms with Crippen molar-refractivity contribution >= 4 is 5.97 Å². The predicted molar refractivity (Wildman–Crippen MR) is 49.8 cm³/mol. The van der Waals surface area contributed by atoms with E-state index in [1.54, 1.807) is 28.3 Å². The van der Waals surface area contributed by atoms with Gasteiger partial charge in [-0.2, -0.15) is 0 Å². The van der Waals surface area contributed by atoms with Crippen LogP contribution in [0.2, 0.25) is 0 Å². The van der Waals surface area contributed by atoms with Crippen LogP contribution in [0.25, 0.3) is 0 Å². The van der Waals surface area contributed by atoms with E-state index in [-0.39, 0.29) is 6.10 Å². The van der Waals surface area contributed by atoms with Gasteiger partial charge in [0.1, 0.15) is 0 Å². The van der Waals surface area contributed by atoms with Crippen molar-refractivity contribution in [3.63, 3.8) is 0 Å². The number of hydrogen-bond acceptors (Lipinski definition) is 4. The summed E-state index contributed by atoms with van der Waals surface area (Å²) in [5, 5.41) is 15.8. The summed E-state index contributed by atoms with van der Waals surface area (Å²) in [6.07, 6.45) is -0.324. The van der Waals surface area contributed by atoms with Crippen LogP contribution < -0.4 is 0 Å². The molecule has 0 bridgehead atoms. The van der Waals surface area contributed by atoms with Gasteiger partial charge in [-0.15, -0.1) is 0 Å². The summed E-state index contributed by atoms with van der Waals surface area (Å²) >= 11 is 0. The highest BCUT2D eigenvalue weighted by molar-refractivity contribution is 5.62. The Bertz CT molecular complexity index is 88.5. The number of aliphatic hydroxyl groups is 1. The number of ether oxygens (including phenoxy) is 2. The second kappa shape index (κ2) is 17.4. The third-order valence-corrected chi connectivity index (χ3v) is 0.408. The van der Waals surface area contributed by atoms with Crippen LogP contribution in [-0.4, -0.2) is 50.2 Å². The van der Waals surface area contributed by atoms with Crippen LogP contribution in [0.5, 0.6) is 0 Å². The van der Waals surface area contributed by atoms with Crippen molar-refractivity contribution in [1.82, 2.24) is 0 Å². The molecule has 0 aliphatic carbocycles. The van der Waals surface area contributed by atoms with E-state index in [1.807, 2.05) is 0 Å². The minimum atomic E-state index is -0.833. The molecule has 5 heteroatoms. The van der Waals surface area contributed by atoms with Crippen molar-refractivity contribution in [2.24, 2.45) is 0 Å². The number of aliphatic hydroxyl groups excluding tert-OH is 1. The van der Waals surface area contributed by atoms with E-state index in [0.717, 1.165) is 6.92 Å². The molecule has 0 rings (SSSR count). The Balaban J connectivity index is -0.000000125. The first-order chi connectivity index (χ1) is 5.92. The maximum atomic E-state index is 9.00. The summed E-state index contributed by atoms with van der Waals surface area (Å²) in [5.41, 5.74) is 0. The van der Waals surface area contributed by atoms with Crippen molar-refractivity contribution in [2.75, 3.05) is 27.9 Å². The first-order valence-corrected chi connectivity index (χ1v) is 3.68. The number of carbonyl (C=O) groups is 1. The Kier molecular flexibility index (Phi) is 24.4. The van der Waals surface area contributed by atoms with Crippen LogP contribution >= 0.6 is 0 Å². The lowest BCUT2D eigenvalue weighted by molar-refractivity contribution is -0.134. The Morgan fingerprint density at radius 1 is 1.38 bits per heavy atom. The van der Waals surface area contributed by atoms with Gasteiger partial charge >= 0.3 is 0 Å². The second-order valence-electron chi connectivity index (χ2n) is 2.23. The van der Waals surface area contributed by atoms with Crippen molar-refractivity contribution in [1.29, 1.82) is 0 Å². The fourth-order valence-electron chi connectivity index (χ4n) is 0.241. The highest BCUT2D eigenvalue weighted by atomic mass is 16.5. The van der Waals surface area contributed by atoms with Crippen LogP contribution in [0, 0.1) is 0 Å². The van der Waals surface area contributed by atoms with Crippen LogP contribution in [-0.2, 0) is 14.3 Å². The Hall–Kier alpha value is -0.650. The molecule has 0 saturated carbocycles. The molecular weight excluding hydrogens is 176 g/mol. The largest absolute Gasteiger partial charge is 0.481 e. The predicted octanol–water partition coefficient (Wildman–Crippen LogP) is 0.367. The van der Waals surface area contributed by atoms with Crippen molar-refractivity contribution in [2.45, 2.75) is 20.0 Å². The molecule has 0 spiro atoms. The van der Waals surface area contributed by atoms with Gasteiger partial charge in [-0.1, -0.05) is 0 Å². The van der Waals surface area contributed by atoms with Gasteiger partial charge in [0.25, 0.3) is 5.97 Å². The lowest BCUT2D eigenvalue weighted by Crippen LogP contribution is -2.07. The number of hydrogen-bond donors (Lipinski definition) is 2. The van der Waals surface area contributed by atoms with E-state index in [2.05, 4.69) is 9.47 Å². The van der Waals surface area contributed by atoms with E-state index in [1.165, 1.54) is 0 Å². The Labute approximate surface area is 79.3 Å². The lowest BCUT2D eigenvalue weighted by Gasteiger charge is -1.97. The van der Waals surface area contributed by atoms with Crippen LogP contribution in [0.4, 0.5) is 0 Å². The molecule has 0 heterocycles. The maximum Gasteiger partial charge on any atom is 0.300 e. The smallest absolute Gasteiger partial charge is 0.300 e. The molecule has 0 radical (unpaired) electrons. The topological polar surface area (TPSA) is 76.0 Å². The van der Waals surface area contributed by atoms with Crippen LogP contribution in [0.15, 0.2) is 0 Å². The molecule has 0 amide bonds. The van der Waals surface area contributed by atoms with E-state index in [0.29, 0.717) is 6.61 Å². The first kappa shape index (κ1) is 18.2. The fourth-order valence-corrected chi connectivity index (χ4v) is 0.241. The summed E-state index contributed by atoms with van der Waals surface area (Å²) in [6.45, 7) is 3.20. The molecule has 0 fully saturated rings. The van der Waals surface area contributed by atoms with Crippen molar-refractivity contribution in [3.05, 3.63) is 0 Å². The number of rotatable bonds is 2.